The van der Waals surface area contributed by atoms with Crippen molar-refractivity contribution in [1.29, 1.82) is 0 Å². The summed E-state index contributed by atoms with van der Waals surface area (Å²) in [5, 5.41) is 0.335. The lowest BCUT2D eigenvalue weighted by molar-refractivity contribution is 0.287. The van der Waals surface area contributed by atoms with Crippen molar-refractivity contribution in [2.45, 2.75) is 44.9 Å². The third-order valence-electron chi connectivity index (χ3n) is 3.45. The predicted molar refractivity (Wildman–Crippen MR) is 79.5 cm³/mol. The highest BCUT2D eigenvalue weighted by Gasteiger charge is 2.29. The summed E-state index contributed by atoms with van der Waals surface area (Å²) in [7, 11) is 0. The number of halogens is 1. The van der Waals surface area contributed by atoms with Crippen molar-refractivity contribution in [3.05, 3.63) is 23.8 Å². The average Bonchev–Trinajstić information content (AvgIpc) is 3.23. The minimum atomic E-state index is 0.335. The molecule has 1 aromatic rings. The molecule has 1 fully saturated rings. The van der Waals surface area contributed by atoms with E-state index in [-0.39, 0.29) is 0 Å². The van der Waals surface area contributed by atoms with Crippen LogP contribution in [0, 0.1) is 5.92 Å². The van der Waals surface area contributed by atoms with E-state index in [1.54, 1.807) is 0 Å². The van der Waals surface area contributed by atoms with Crippen molar-refractivity contribution in [3.8, 4) is 11.5 Å². The Hall–Kier alpha value is -0.890. The van der Waals surface area contributed by atoms with Crippen LogP contribution in [-0.4, -0.2) is 18.6 Å². The molecule has 1 aliphatic carbocycles. The van der Waals surface area contributed by atoms with Gasteiger partial charge < -0.3 is 9.47 Å². The molecule has 0 radical (unpaired) electrons. The van der Waals surface area contributed by atoms with E-state index in [2.05, 4.69) is 12.1 Å². The summed E-state index contributed by atoms with van der Waals surface area (Å²) in [4.78, 5) is 0. The normalized spacial score (nSPS) is 16.2. The molecule has 3 heteroatoms. The Kier molecular flexibility index (Phi) is 5.38. The van der Waals surface area contributed by atoms with Gasteiger partial charge in [0.1, 0.15) is 0 Å². The Bertz CT molecular complexity index is 402. The van der Waals surface area contributed by atoms with Crippen LogP contribution in [0.4, 0.5) is 0 Å². The van der Waals surface area contributed by atoms with Crippen LogP contribution in [0.1, 0.15) is 38.7 Å². The summed E-state index contributed by atoms with van der Waals surface area (Å²) in [6.07, 6.45) is 4.67. The van der Waals surface area contributed by atoms with Crippen LogP contribution in [0.3, 0.4) is 0 Å². The van der Waals surface area contributed by atoms with E-state index in [9.17, 15) is 0 Å². The SMILES string of the molecule is CCOc1ccc(CCC(Cl)C2CC2)cc1OCC. The predicted octanol–water partition coefficient (Wildman–Crippen LogP) is 4.43. The van der Waals surface area contributed by atoms with Gasteiger partial charge in [-0.2, -0.15) is 0 Å². The molecule has 2 rings (SSSR count). The highest BCUT2D eigenvalue weighted by molar-refractivity contribution is 6.20. The van der Waals surface area contributed by atoms with Gasteiger partial charge in [0.15, 0.2) is 11.5 Å². The Labute approximate surface area is 121 Å². The van der Waals surface area contributed by atoms with E-state index < -0.39 is 0 Å². The van der Waals surface area contributed by atoms with Crippen molar-refractivity contribution in [3.63, 3.8) is 0 Å². The minimum absolute atomic E-state index is 0.335. The van der Waals surface area contributed by atoms with Gasteiger partial charge in [-0.3, -0.25) is 0 Å². The van der Waals surface area contributed by atoms with Crippen LogP contribution in [0.15, 0.2) is 18.2 Å². The fourth-order valence-corrected chi connectivity index (χ4v) is 2.61. The van der Waals surface area contributed by atoms with Gasteiger partial charge in [0.2, 0.25) is 0 Å². The molecule has 0 aliphatic heterocycles. The molecule has 0 saturated heterocycles. The van der Waals surface area contributed by atoms with Crippen molar-refractivity contribution in [2.24, 2.45) is 5.92 Å². The lowest BCUT2D eigenvalue weighted by Gasteiger charge is -2.13. The summed E-state index contributed by atoms with van der Waals surface area (Å²) >= 11 is 6.35. The van der Waals surface area contributed by atoms with Crippen LogP contribution in [0.25, 0.3) is 0 Å². The van der Waals surface area contributed by atoms with Gasteiger partial charge in [-0.25, -0.2) is 0 Å². The molecule has 2 nitrogen and oxygen atoms in total. The van der Waals surface area contributed by atoms with E-state index in [1.165, 1.54) is 18.4 Å². The summed E-state index contributed by atoms with van der Waals surface area (Å²) in [5.74, 6) is 2.44. The zero-order valence-electron chi connectivity index (χ0n) is 11.8. The maximum absolute atomic E-state index is 6.35. The number of aryl methyl sites for hydroxylation is 1. The van der Waals surface area contributed by atoms with E-state index in [0.29, 0.717) is 18.6 Å². The van der Waals surface area contributed by atoms with Crippen LogP contribution in [-0.2, 0) is 6.42 Å². The fourth-order valence-electron chi connectivity index (χ4n) is 2.25. The molecular formula is C16H23ClO2. The van der Waals surface area contributed by atoms with Gasteiger partial charge >= 0.3 is 0 Å². The first-order valence-electron chi connectivity index (χ1n) is 7.27. The van der Waals surface area contributed by atoms with E-state index in [4.69, 9.17) is 21.1 Å². The lowest BCUT2D eigenvalue weighted by atomic mass is 10.1. The first kappa shape index (κ1) is 14.5. The summed E-state index contributed by atoms with van der Waals surface area (Å²) in [6, 6.07) is 6.21. The number of alkyl halides is 1. The second-order valence-corrected chi connectivity index (χ2v) is 5.60. The van der Waals surface area contributed by atoms with Crippen LogP contribution >= 0.6 is 11.6 Å². The molecule has 106 valence electrons. The number of benzene rings is 1. The van der Waals surface area contributed by atoms with Gasteiger partial charge in [-0.15, -0.1) is 11.6 Å². The lowest BCUT2D eigenvalue weighted by Crippen LogP contribution is -2.04. The van der Waals surface area contributed by atoms with E-state index >= 15 is 0 Å². The zero-order valence-corrected chi connectivity index (χ0v) is 12.6. The Morgan fingerprint density at radius 1 is 1.16 bits per heavy atom. The third-order valence-corrected chi connectivity index (χ3v) is 4.02. The van der Waals surface area contributed by atoms with Crippen LogP contribution < -0.4 is 9.47 Å². The van der Waals surface area contributed by atoms with Crippen LogP contribution in [0.2, 0.25) is 0 Å². The second kappa shape index (κ2) is 7.04. The smallest absolute Gasteiger partial charge is 0.161 e. The van der Waals surface area contributed by atoms with Crippen molar-refractivity contribution >= 4 is 11.6 Å². The van der Waals surface area contributed by atoms with Crippen molar-refractivity contribution in [1.82, 2.24) is 0 Å². The molecule has 0 N–H and O–H groups in total. The molecule has 0 spiro atoms. The molecule has 19 heavy (non-hydrogen) atoms. The summed E-state index contributed by atoms with van der Waals surface area (Å²) in [6.45, 7) is 5.29. The highest BCUT2D eigenvalue weighted by Crippen LogP contribution is 2.38. The summed E-state index contributed by atoms with van der Waals surface area (Å²) < 4.78 is 11.2. The van der Waals surface area contributed by atoms with Crippen molar-refractivity contribution in [2.75, 3.05) is 13.2 Å². The molecular weight excluding hydrogens is 260 g/mol. The van der Waals surface area contributed by atoms with Crippen molar-refractivity contribution < 1.29 is 9.47 Å². The standard InChI is InChI=1S/C16H23ClO2/c1-3-18-15-10-6-12(11-16(15)19-4-2)5-9-14(17)13-7-8-13/h6,10-11,13-14H,3-5,7-9H2,1-2H3. The quantitative estimate of drug-likeness (QED) is 0.657. The van der Waals surface area contributed by atoms with E-state index in [1.807, 2.05) is 19.9 Å². The summed E-state index contributed by atoms with van der Waals surface area (Å²) in [5.41, 5.74) is 1.28. The van der Waals surface area contributed by atoms with Gasteiger partial charge in [-0.05, 0) is 63.1 Å². The molecule has 1 aromatic carbocycles. The van der Waals surface area contributed by atoms with E-state index in [0.717, 1.165) is 30.3 Å². The fraction of sp³-hybridized carbons (Fsp3) is 0.625. The van der Waals surface area contributed by atoms with Gasteiger partial charge in [0.05, 0.1) is 13.2 Å². The van der Waals surface area contributed by atoms with Gasteiger partial charge in [0.25, 0.3) is 0 Å². The first-order chi connectivity index (χ1) is 9.24. The number of hydrogen-bond donors (Lipinski definition) is 0. The topological polar surface area (TPSA) is 18.5 Å². The molecule has 0 aromatic heterocycles. The number of hydrogen-bond acceptors (Lipinski definition) is 2. The maximum Gasteiger partial charge on any atom is 0.161 e. The third kappa shape index (κ3) is 4.31. The Morgan fingerprint density at radius 3 is 2.47 bits per heavy atom. The molecule has 0 amide bonds. The maximum atomic E-state index is 6.35. The molecule has 1 atom stereocenters. The van der Waals surface area contributed by atoms with Gasteiger partial charge in [0, 0.05) is 5.38 Å². The average molecular weight is 283 g/mol. The first-order valence-corrected chi connectivity index (χ1v) is 7.70. The Morgan fingerprint density at radius 2 is 1.84 bits per heavy atom. The minimum Gasteiger partial charge on any atom is -0.490 e. The van der Waals surface area contributed by atoms with Gasteiger partial charge in [-0.1, -0.05) is 6.07 Å². The number of rotatable bonds is 8. The molecule has 1 saturated carbocycles. The largest absolute Gasteiger partial charge is 0.490 e. The molecule has 1 aliphatic rings. The molecule has 0 bridgehead atoms. The highest BCUT2D eigenvalue weighted by atomic mass is 35.5. The molecule has 1 unspecified atom stereocenters. The Balaban J connectivity index is 1.97. The van der Waals surface area contributed by atoms with Crippen LogP contribution in [0.5, 0.6) is 11.5 Å². The monoisotopic (exact) mass is 282 g/mol. The molecule has 0 heterocycles. The second-order valence-electron chi connectivity index (χ2n) is 5.04. The number of ether oxygens (including phenoxy) is 2. The zero-order chi connectivity index (χ0) is 13.7.